The molecule has 2 atom stereocenters. The van der Waals surface area contributed by atoms with Crippen molar-refractivity contribution in [3.63, 3.8) is 0 Å². The summed E-state index contributed by atoms with van der Waals surface area (Å²) in [4.78, 5) is 11.9. The number of anilines is 1. The van der Waals surface area contributed by atoms with Gasteiger partial charge in [-0.1, -0.05) is 12.8 Å². The van der Waals surface area contributed by atoms with Crippen molar-refractivity contribution in [1.82, 2.24) is 0 Å². The van der Waals surface area contributed by atoms with Gasteiger partial charge in [-0.2, -0.15) is 0 Å². The molecular weight excluding hydrogens is 375 g/mol. The van der Waals surface area contributed by atoms with Crippen LogP contribution >= 0.6 is 35.0 Å². The second-order valence-corrected chi connectivity index (χ2v) is 6.21. The van der Waals surface area contributed by atoms with Gasteiger partial charge in [0.15, 0.2) is 0 Å². The molecule has 1 saturated carbocycles. The fourth-order valence-corrected chi connectivity index (χ4v) is 2.83. The molecule has 2 unspecified atom stereocenters. The number of nitrogens with two attached hydrogens (primary N) is 1. The Morgan fingerprint density at radius 1 is 1.26 bits per heavy atom. The molecule has 1 amide bonds. The van der Waals surface area contributed by atoms with E-state index in [0.29, 0.717) is 12.3 Å². The normalized spacial score (nSPS) is 22.4. The lowest BCUT2D eigenvalue weighted by Crippen LogP contribution is -2.35. The minimum absolute atomic E-state index is 0. The predicted molar refractivity (Wildman–Crippen MR) is 89.6 cm³/mol. The van der Waals surface area contributed by atoms with Crippen molar-refractivity contribution in [2.24, 2.45) is 11.7 Å². The summed E-state index contributed by atoms with van der Waals surface area (Å²) in [6, 6.07) is 8.03. The van der Waals surface area contributed by atoms with Crippen molar-refractivity contribution >= 4 is 46.6 Å². The van der Waals surface area contributed by atoms with Crippen LogP contribution in [0.4, 0.5) is 5.69 Å². The molecular formula is C14H20ClIN2O. The summed E-state index contributed by atoms with van der Waals surface area (Å²) in [6.45, 7) is 0. The molecule has 0 spiro atoms. The molecule has 1 aromatic rings. The van der Waals surface area contributed by atoms with Crippen molar-refractivity contribution in [3.8, 4) is 0 Å². The summed E-state index contributed by atoms with van der Waals surface area (Å²) < 4.78 is 1.17. The fourth-order valence-electron chi connectivity index (χ4n) is 2.47. The van der Waals surface area contributed by atoms with E-state index in [1.54, 1.807) is 0 Å². The van der Waals surface area contributed by atoms with E-state index in [-0.39, 0.29) is 24.4 Å². The van der Waals surface area contributed by atoms with E-state index in [9.17, 15) is 4.79 Å². The van der Waals surface area contributed by atoms with Crippen LogP contribution in [-0.2, 0) is 4.79 Å². The van der Waals surface area contributed by atoms with Gasteiger partial charge in [-0.3, -0.25) is 4.79 Å². The number of benzene rings is 1. The molecule has 0 heterocycles. The van der Waals surface area contributed by atoms with Crippen LogP contribution in [0.5, 0.6) is 0 Å². The first kappa shape index (κ1) is 16.7. The van der Waals surface area contributed by atoms with E-state index in [1.807, 2.05) is 24.3 Å². The van der Waals surface area contributed by atoms with E-state index in [4.69, 9.17) is 5.73 Å². The summed E-state index contributed by atoms with van der Waals surface area (Å²) in [5.41, 5.74) is 6.93. The summed E-state index contributed by atoms with van der Waals surface area (Å²) in [6.07, 6.45) is 5.10. The molecule has 3 N–H and O–H groups in total. The monoisotopic (exact) mass is 394 g/mol. The minimum atomic E-state index is 0. The van der Waals surface area contributed by atoms with E-state index < -0.39 is 0 Å². The Labute approximate surface area is 134 Å². The van der Waals surface area contributed by atoms with Crippen molar-refractivity contribution < 1.29 is 4.79 Å². The SMILES string of the molecule is Cl.NC1CCCCC1CC(=O)Nc1ccc(I)cc1. The fraction of sp³-hybridized carbons (Fsp3) is 0.500. The van der Waals surface area contributed by atoms with Crippen LogP contribution in [-0.4, -0.2) is 11.9 Å². The molecule has 1 fully saturated rings. The predicted octanol–water partition coefficient (Wildman–Crippen LogP) is 3.56. The molecule has 0 bridgehead atoms. The molecule has 1 aromatic carbocycles. The molecule has 106 valence electrons. The lowest BCUT2D eigenvalue weighted by molar-refractivity contribution is -0.117. The van der Waals surface area contributed by atoms with Gasteiger partial charge in [0.25, 0.3) is 0 Å². The van der Waals surface area contributed by atoms with Gasteiger partial charge in [0.1, 0.15) is 0 Å². The first-order valence-electron chi connectivity index (χ1n) is 6.46. The first-order chi connectivity index (χ1) is 8.65. The molecule has 1 aliphatic carbocycles. The smallest absolute Gasteiger partial charge is 0.224 e. The van der Waals surface area contributed by atoms with Crippen LogP contribution in [0.1, 0.15) is 32.1 Å². The third kappa shape index (κ3) is 5.28. The maximum absolute atomic E-state index is 11.9. The highest BCUT2D eigenvalue weighted by atomic mass is 127. The molecule has 2 rings (SSSR count). The Bertz CT molecular complexity index is 410. The van der Waals surface area contributed by atoms with Crippen LogP contribution in [0, 0.1) is 9.49 Å². The lowest BCUT2D eigenvalue weighted by Gasteiger charge is -2.27. The van der Waals surface area contributed by atoms with Crippen LogP contribution < -0.4 is 11.1 Å². The second-order valence-electron chi connectivity index (χ2n) is 4.97. The zero-order chi connectivity index (χ0) is 13.0. The Hall–Kier alpha value is -0.330. The molecule has 0 aliphatic heterocycles. The Kier molecular flexibility index (Phi) is 7.10. The van der Waals surface area contributed by atoms with Crippen molar-refractivity contribution in [1.29, 1.82) is 0 Å². The van der Waals surface area contributed by atoms with Gasteiger partial charge < -0.3 is 11.1 Å². The maximum atomic E-state index is 11.9. The van der Waals surface area contributed by atoms with Gasteiger partial charge in [-0.15, -0.1) is 12.4 Å². The third-order valence-electron chi connectivity index (χ3n) is 3.54. The average molecular weight is 395 g/mol. The average Bonchev–Trinajstić information content (AvgIpc) is 2.35. The van der Waals surface area contributed by atoms with Gasteiger partial charge >= 0.3 is 0 Å². The lowest BCUT2D eigenvalue weighted by atomic mass is 9.83. The van der Waals surface area contributed by atoms with Crippen LogP contribution in [0.15, 0.2) is 24.3 Å². The number of nitrogens with one attached hydrogen (secondary N) is 1. The molecule has 1 aliphatic rings. The highest BCUT2D eigenvalue weighted by molar-refractivity contribution is 14.1. The summed E-state index contributed by atoms with van der Waals surface area (Å²) >= 11 is 2.25. The van der Waals surface area contributed by atoms with Gasteiger partial charge in [0.2, 0.25) is 5.91 Å². The van der Waals surface area contributed by atoms with Gasteiger partial charge in [0.05, 0.1) is 0 Å². The van der Waals surface area contributed by atoms with Crippen LogP contribution in [0.2, 0.25) is 0 Å². The number of carbonyl (C=O) groups is 1. The number of rotatable bonds is 3. The highest BCUT2D eigenvalue weighted by Gasteiger charge is 2.24. The van der Waals surface area contributed by atoms with Gasteiger partial charge in [0, 0.05) is 21.7 Å². The summed E-state index contributed by atoms with van der Waals surface area (Å²) in [5, 5.41) is 2.94. The van der Waals surface area contributed by atoms with E-state index in [2.05, 4.69) is 27.9 Å². The van der Waals surface area contributed by atoms with Crippen LogP contribution in [0.3, 0.4) is 0 Å². The zero-order valence-electron chi connectivity index (χ0n) is 10.8. The minimum Gasteiger partial charge on any atom is -0.327 e. The number of amides is 1. The van der Waals surface area contributed by atoms with Gasteiger partial charge in [-0.05, 0) is 65.6 Å². The highest BCUT2D eigenvalue weighted by Crippen LogP contribution is 2.26. The zero-order valence-corrected chi connectivity index (χ0v) is 13.7. The van der Waals surface area contributed by atoms with Crippen molar-refractivity contribution in [3.05, 3.63) is 27.8 Å². The number of carbonyl (C=O) groups excluding carboxylic acids is 1. The number of hydrogen-bond donors (Lipinski definition) is 2. The second kappa shape index (κ2) is 8.07. The molecule has 3 nitrogen and oxygen atoms in total. The quantitative estimate of drug-likeness (QED) is 0.770. The van der Waals surface area contributed by atoms with Crippen molar-refractivity contribution in [2.75, 3.05) is 5.32 Å². The summed E-state index contributed by atoms with van der Waals surface area (Å²) in [5.74, 6) is 0.432. The molecule has 0 aromatic heterocycles. The number of hydrogen-bond acceptors (Lipinski definition) is 2. The number of halogens is 2. The van der Waals surface area contributed by atoms with E-state index in [1.165, 1.54) is 16.4 Å². The van der Waals surface area contributed by atoms with E-state index >= 15 is 0 Å². The maximum Gasteiger partial charge on any atom is 0.224 e. The molecule has 19 heavy (non-hydrogen) atoms. The van der Waals surface area contributed by atoms with Gasteiger partial charge in [-0.25, -0.2) is 0 Å². The van der Waals surface area contributed by atoms with Crippen LogP contribution in [0.25, 0.3) is 0 Å². The Balaban J connectivity index is 0.00000180. The molecule has 0 radical (unpaired) electrons. The molecule has 0 saturated heterocycles. The van der Waals surface area contributed by atoms with Crippen molar-refractivity contribution in [2.45, 2.75) is 38.1 Å². The standard InChI is InChI=1S/C14H19IN2O.ClH/c15-11-5-7-12(8-6-11)17-14(18)9-10-3-1-2-4-13(10)16;/h5-8,10,13H,1-4,9,16H2,(H,17,18);1H. The summed E-state index contributed by atoms with van der Waals surface area (Å²) in [7, 11) is 0. The first-order valence-corrected chi connectivity index (χ1v) is 7.54. The molecule has 5 heteroatoms. The largest absolute Gasteiger partial charge is 0.327 e. The van der Waals surface area contributed by atoms with E-state index in [0.717, 1.165) is 18.5 Å². The third-order valence-corrected chi connectivity index (χ3v) is 4.26. The Morgan fingerprint density at radius 3 is 2.53 bits per heavy atom. The Morgan fingerprint density at radius 2 is 1.89 bits per heavy atom. The topological polar surface area (TPSA) is 55.1 Å².